The van der Waals surface area contributed by atoms with Crippen molar-refractivity contribution in [1.82, 2.24) is 0 Å². The molecule has 4 heteroatoms. The van der Waals surface area contributed by atoms with Gasteiger partial charge in [0.15, 0.2) is 5.78 Å². The Bertz CT molecular complexity index is 730. The Hall–Kier alpha value is -2.30. The first kappa shape index (κ1) is 24.0. The molecule has 0 atom stereocenters. The van der Waals surface area contributed by atoms with E-state index in [4.69, 9.17) is 5.11 Å². The van der Waals surface area contributed by atoms with Crippen LogP contribution in [0.2, 0.25) is 0 Å². The molecule has 4 rings (SSSR count). The van der Waals surface area contributed by atoms with Crippen molar-refractivity contribution in [1.29, 1.82) is 0 Å². The first-order valence-corrected chi connectivity index (χ1v) is 11.1. The zero-order valence-electron chi connectivity index (χ0n) is 17.7. The van der Waals surface area contributed by atoms with Crippen LogP contribution in [0, 0.1) is 0 Å². The maximum atomic E-state index is 12.1. The molecular weight excluding hydrogens is 376 g/mol. The molecule has 2 aromatic carbocycles. The highest BCUT2D eigenvalue weighted by Gasteiger charge is 2.37. The molecule has 0 spiro atoms. The lowest BCUT2D eigenvalue weighted by molar-refractivity contribution is 0.0116. The van der Waals surface area contributed by atoms with E-state index in [0.717, 1.165) is 44.0 Å². The number of aliphatic hydroxyl groups excluding tert-OH is 1. The standard InChI is InChI=1S/C13H16O2.C7H6O.C6H12O/c14-12(11-7-3-1-4-8-11)13(15)9-5-2-6-10-13;8-6-7-4-2-1-3-5-7;7-6-4-2-1-3-5-6/h1,3-4,7-8,15H,2,5-6,9-10H2;1-6H;6-7H,1-5H2. The van der Waals surface area contributed by atoms with Crippen LogP contribution in [0.3, 0.4) is 0 Å². The summed E-state index contributed by atoms with van der Waals surface area (Å²) in [6.45, 7) is 0. The van der Waals surface area contributed by atoms with Gasteiger partial charge in [-0.3, -0.25) is 9.59 Å². The van der Waals surface area contributed by atoms with Crippen molar-refractivity contribution < 1.29 is 19.8 Å². The van der Waals surface area contributed by atoms with E-state index < -0.39 is 5.60 Å². The first-order valence-electron chi connectivity index (χ1n) is 11.1. The molecule has 2 aromatic rings. The predicted molar refractivity (Wildman–Crippen MR) is 120 cm³/mol. The lowest BCUT2D eigenvalue weighted by atomic mass is 9.79. The molecule has 0 amide bonds. The summed E-state index contributed by atoms with van der Waals surface area (Å²) in [6.07, 6.45) is 11.0. The van der Waals surface area contributed by atoms with Crippen LogP contribution in [0.4, 0.5) is 0 Å². The minimum absolute atomic E-state index is 0.0359. The molecule has 2 aliphatic carbocycles. The Morgan fingerprint density at radius 1 is 0.800 bits per heavy atom. The van der Waals surface area contributed by atoms with Crippen LogP contribution in [0.5, 0.6) is 0 Å². The van der Waals surface area contributed by atoms with E-state index in [2.05, 4.69) is 0 Å². The SMILES string of the molecule is O=C(c1ccccc1)C1(O)CCCCC1.O=Cc1ccccc1.OC1CCCCC1. The highest BCUT2D eigenvalue weighted by atomic mass is 16.3. The minimum Gasteiger partial charge on any atom is -0.393 e. The van der Waals surface area contributed by atoms with Gasteiger partial charge in [0.25, 0.3) is 0 Å². The van der Waals surface area contributed by atoms with Gasteiger partial charge in [0.1, 0.15) is 11.9 Å². The average Bonchev–Trinajstić information content (AvgIpc) is 2.81. The molecule has 0 heterocycles. The van der Waals surface area contributed by atoms with Crippen LogP contribution in [0.1, 0.15) is 84.9 Å². The Kier molecular flexibility index (Phi) is 10.5. The van der Waals surface area contributed by atoms with Gasteiger partial charge in [-0.05, 0) is 25.7 Å². The van der Waals surface area contributed by atoms with Gasteiger partial charge in [0, 0.05) is 11.1 Å². The van der Waals surface area contributed by atoms with Crippen molar-refractivity contribution >= 4 is 12.1 Å². The second kappa shape index (κ2) is 13.1. The predicted octanol–water partition coefficient (Wildman–Crippen LogP) is 5.38. The molecule has 0 saturated heterocycles. The molecule has 0 unspecified atom stereocenters. The first-order chi connectivity index (χ1) is 14.5. The van der Waals surface area contributed by atoms with E-state index in [0.29, 0.717) is 18.4 Å². The molecular formula is C26H34O4. The molecule has 2 N–H and O–H groups in total. The molecule has 0 aromatic heterocycles. The monoisotopic (exact) mass is 410 g/mol. The number of carbonyl (C=O) groups excluding carboxylic acids is 2. The van der Waals surface area contributed by atoms with Crippen molar-refractivity contribution in [2.75, 3.05) is 0 Å². The number of carbonyl (C=O) groups is 2. The third kappa shape index (κ3) is 8.21. The Labute approximate surface area is 180 Å². The number of ketones is 1. The van der Waals surface area contributed by atoms with E-state index in [1.165, 1.54) is 19.3 Å². The lowest BCUT2D eigenvalue weighted by Gasteiger charge is -2.30. The van der Waals surface area contributed by atoms with Gasteiger partial charge in [-0.1, -0.05) is 99.2 Å². The maximum Gasteiger partial charge on any atom is 0.194 e. The molecule has 2 aliphatic rings. The maximum absolute atomic E-state index is 12.1. The smallest absolute Gasteiger partial charge is 0.194 e. The van der Waals surface area contributed by atoms with Crippen LogP contribution in [0.25, 0.3) is 0 Å². The van der Waals surface area contributed by atoms with Crippen molar-refractivity contribution in [3.05, 3.63) is 71.8 Å². The topological polar surface area (TPSA) is 74.6 Å². The van der Waals surface area contributed by atoms with Gasteiger partial charge < -0.3 is 10.2 Å². The van der Waals surface area contributed by atoms with Gasteiger partial charge in [-0.2, -0.15) is 0 Å². The van der Waals surface area contributed by atoms with E-state index in [1.807, 2.05) is 36.4 Å². The van der Waals surface area contributed by atoms with Crippen LogP contribution >= 0.6 is 0 Å². The number of Topliss-reactive ketones (excluding diaryl/α,β-unsaturated/α-hetero) is 1. The minimum atomic E-state index is -1.10. The molecule has 30 heavy (non-hydrogen) atoms. The molecule has 2 saturated carbocycles. The van der Waals surface area contributed by atoms with Crippen molar-refractivity contribution in [2.24, 2.45) is 0 Å². The summed E-state index contributed by atoms with van der Waals surface area (Å²) in [6, 6.07) is 18.2. The van der Waals surface area contributed by atoms with Gasteiger partial charge in [0.05, 0.1) is 6.10 Å². The number of benzene rings is 2. The van der Waals surface area contributed by atoms with Crippen molar-refractivity contribution in [3.63, 3.8) is 0 Å². The fourth-order valence-corrected chi connectivity index (χ4v) is 3.83. The second-order valence-electron chi connectivity index (χ2n) is 8.11. The van der Waals surface area contributed by atoms with Crippen LogP contribution in [0.15, 0.2) is 60.7 Å². The summed E-state index contributed by atoms with van der Waals surface area (Å²) in [5.41, 5.74) is 0.258. The van der Waals surface area contributed by atoms with Crippen LogP contribution < -0.4 is 0 Å². The summed E-state index contributed by atoms with van der Waals surface area (Å²) < 4.78 is 0. The summed E-state index contributed by atoms with van der Waals surface area (Å²) in [5.74, 6) is -0.109. The van der Waals surface area contributed by atoms with Gasteiger partial charge in [-0.15, -0.1) is 0 Å². The number of hydrogen-bond acceptors (Lipinski definition) is 4. The zero-order chi connectivity index (χ0) is 21.7. The number of rotatable bonds is 3. The molecule has 2 fully saturated rings. The highest BCUT2D eigenvalue weighted by Crippen LogP contribution is 2.31. The van der Waals surface area contributed by atoms with Gasteiger partial charge >= 0.3 is 0 Å². The number of aldehydes is 1. The highest BCUT2D eigenvalue weighted by molar-refractivity contribution is 6.02. The fourth-order valence-electron chi connectivity index (χ4n) is 3.83. The van der Waals surface area contributed by atoms with E-state index in [1.54, 1.807) is 24.3 Å². The van der Waals surface area contributed by atoms with Crippen molar-refractivity contribution in [2.45, 2.75) is 75.9 Å². The summed E-state index contributed by atoms with van der Waals surface area (Å²) in [4.78, 5) is 22.1. The van der Waals surface area contributed by atoms with Crippen molar-refractivity contribution in [3.8, 4) is 0 Å². The number of aliphatic hydroxyl groups is 2. The summed E-state index contributed by atoms with van der Waals surface area (Å²) in [5, 5.41) is 19.2. The third-order valence-corrected chi connectivity index (χ3v) is 5.65. The Morgan fingerprint density at radius 3 is 1.73 bits per heavy atom. The Balaban J connectivity index is 0.000000179. The van der Waals surface area contributed by atoms with E-state index in [9.17, 15) is 14.7 Å². The molecule has 0 bridgehead atoms. The largest absolute Gasteiger partial charge is 0.393 e. The van der Waals surface area contributed by atoms with Gasteiger partial charge in [-0.25, -0.2) is 0 Å². The third-order valence-electron chi connectivity index (χ3n) is 5.65. The lowest BCUT2D eigenvalue weighted by Crippen LogP contribution is -2.40. The molecule has 0 radical (unpaired) electrons. The fraction of sp³-hybridized carbons (Fsp3) is 0.462. The average molecular weight is 411 g/mol. The summed E-state index contributed by atoms with van der Waals surface area (Å²) in [7, 11) is 0. The Morgan fingerprint density at radius 2 is 1.30 bits per heavy atom. The van der Waals surface area contributed by atoms with Gasteiger partial charge in [0.2, 0.25) is 0 Å². The van der Waals surface area contributed by atoms with E-state index >= 15 is 0 Å². The van der Waals surface area contributed by atoms with E-state index in [-0.39, 0.29) is 11.9 Å². The molecule has 4 nitrogen and oxygen atoms in total. The molecule has 0 aliphatic heterocycles. The summed E-state index contributed by atoms with van der Waals surface area (Å²) >= 11 is 0. The normalized spacial score (nSPS) is 18.1. The second-order valence-corrected chi connectivity index (χ2v) is 8.11. The zero-order valence-corrected chi connectivity index (χ0v) is 17.7. The van der Waals surface area contributed by atoms with Crippen LogP contribution in [-0.2, 0) is 0 Å². The number of hydrogen-bond donors (Lipinski definition) is 2. The molecule has 162 valence electrons. The van der Waals surface area contributed by atoms with Crippen LogP contribution in [-0.4, -0.2) is 34.0 Å². The quantitative estimate of drug-likeness (QED) is 0.526.